The highest BCUT2D eigenvalue weighted by atomic mass is 32.1. The van der Waals surface area contributed by atoms with Crippen LogP contribution in [0.4, 0.5) is 4.39 Å². The summed E-state index contributed by atoms with van der Waals surface area (Å²) < 4.78 is 19.9. The van der Waals surface area contributed by atoms with E-state index in [1.54, 1.807) is 11.0 Å². The molecule has 4 rings (SSSR count). The smallest absolute Gasteiger partial charge is 0.274 e. The van der Waals surface area contributed by atoms with E-state index in [-0.39, 0.29) is 29.1 Å². The number of aromatic nitrogens is 3. The molecule has 0 aliphatic carbocycles. The Labute approximate surface area is 151 Å². The zero-order chi connectivity index (χ0) is 18.1. The van der Waals surface area contributed by atoms with Crippen molar-refractivity contribution in [3.8, 4) is 5.19 Å². The highest BCUT2D eigenvalue weighted by molar-refractivity contribution is 7.20. The second-order valence-corrected chi connectivity index (χ2v) is 7.00. The molecule has 1 saturated heterocycles. The molecule has 1 aliphatic rings. The summed E-state index contributed by atoms with van der Waals surface area (Å²) in [5.74, 6) is -0.509. The van der Waals surface area contributed by atoms with Crippen molar-refractivity contribution in [2.45, 2.75) is 18.9 Å². The molecular formula is C17H15FN4O3S. The molecule has 1 amide bonds. The largest absolute Gasteiger partial charge is 0.467 e. The molecule has 1 aliphatic heterocycles. The first kappa shape index (κ1) is 16.6. The van der Waals surface area contributed by atoms with Crippen LogP contribution < -0.4 is 10.3 Å². The molecule has 1 aromatic carbocycles. The molecule has 7 nitrogen and oxygen atoms in total. The van der Waals surface area contributed by atoms with Crippen LogP contribution in [-0.4, -0.2) is 45.2 Å². The molecule has 0 atom stereocenters. The maximum Gasteiger partial charge on any atom is 0.274 e. The molecule has 3 aromatic rings. The third-order valence-corrected chi connectivity index (χ3v) is 5.13. The van der Waals surface area contributed by atoms with Gasteiger partial charge in [0.1, 0.15) is 17.6 Å². The highest BCUT2D eigenvalue weighted by Crippen LogP contribution is 2.30. The van der Waals surface area contributed by atoms with Gasteiger partial charge in [-0.1, -0.05) is 11.3 Å². The van der Waals surface area contributed by atoms with Gasteiger partial charge in [-0.2, -0.15) is 5.10 Å². The van der Waals surface area contributed by atoms with E-state index >= 15 is 0 Å². The SMILES string of the molecule is O=C(c1ccc(=O)[nH]n1)N1CCC(Oc2nc3ccc(F)cc3s2)CC1. The minimum Gasteiger partial charge on any atom is -0.467 e. The zero-order valence-corrected chi connectivity index (χ0v) is 14.5. The lowest BCUT2D eigenvalue weighted by Crippen LogP contribution is -2.42. The molecule has 26 heavy (non-hydrogen) atoms. The molecular weight excluding hydrogens is 359 g/mol. The van der Waals surface area contributed by atoms with Crippen LogP contribution >= 0.6 is 11.3 Å². The second kappa shape index (κ2) is 6.83. The van der Waals surface area contributed by atoms with Crippen LogP contribution in [0.5, 0.6) is 5.19 Å². The second-order valence-electron chi connectivity index (χ2n) is 6.01. The topological polar surface area (TPSA) is 88.2 Å². The lowest BCUT2D eigenvalue weighted by molar-refractivity contribution is 0.0589. The van der Waals surface area contributed by atoms with Crippen molar-refractivity contribution in [2.75, 3.05) is 13.1 Å². The maximum absolute atomic E-state index is 13.3. The Morgan fingerprint density at radius 1 is 1.27 bits per heavy atom. The summed E-state index contributed by atoms with van der Waals surface area (Å²) in [6.45, 7) is 1.06. The van der Waals surface area contributed by atoms with E-state index in [9.17, 15) is 14.0 Å². The number of carbonyl (C=O) groups is 1. The predicted molar refractivity (Wildman–Crippen MR) is 94.0 cm³/mol. The summed E-state index contributed by atoms with van der Waals surface area (Å²) in [5.41, 5.74) is 0.588. The van der Waals surface area contributed by atoms with Crippen molar-refractivity contribution in [2.24, 2.45) is 0 Å². The number of piperidine rings is 1. The Bertz CT molecular complexity index is 990. The highest BCUT2D eigenvalue weighted by Gasteiger charge is 2.26. The molecule has 0 radical (unpaired) electrons. The molecule has 0 saturated carbocycles. The fraction of sp³-hybridized carbons (Fsp3) is 0.294. The van der Waals surface area contributed by atoms with Crippen LogP contribution in [0.2, 0.25) is 0 Å². The fourth-order valence-corrected chi connectivity index (χ4v) is 3.78. The molecule has 0 spiro atoms. The van der Waals surface area contributed by atoms with Crippen LogP contribution in [0.3, 0.4) is 0 Å². The molecule has 3 heterocycles. The number of benzene rings is 1. The number of rotatable bonds is 3. The van der Waals surface area contributed by atoms with Crippen molar-refractivity contribution >= 4 is 27.5 Å². The van der Waals surface area contributed by atoms with Gasteiger partial charge in [0.05, 0.1) is 10.2 Å². The number of carbonyl (C=O) groups excluding carboxylic acids is 1. The quantitative estimate of drug-likeness (QED) is 0.759. The lowest BCUT2D eigenvalue weighted by Gasteiger charge is -2.31. The van der Waals surface area contributed by atoms with Gasteiger partial charge >= 0.3 is 0 Å². The molecule has 0 bridgehead atoms. The zero-order valence-electron chi connectivity index (χ0n) is 13.6. The Balaban J connectivity index is 1.37. The van der Waals surface area contributed by atoms with E-state index in [4.69, 9.17) is 4.74 Å². The van der Waals surface area contributed by atoms with Crippen LogP contribution in [0, 0.1) is 5.82 Å². The van der Waals surface area contributed by atoms with Crippen molar-refractivity contribution in [3.63, 3.8) is 0 Å². The number of H-pyrrole nitrogens is 1. The molecule has 1 N–H and O–H groups in total. The Morgan fingerprint density at radius 2 is 2.08 bits per heavy atom. The number of likely N-dealkylation sites (tertiary alicyclic amines) is 1. The predicted octanol–water partition coefficient (Wildman–Crippen LogP) is 2.20. The van der Waals surface area contributed by atoms with Crippen molar-refractivity contribution in [1.82, 2.24) is 20.1 Å². The summed E-state index contributed by atoms with van der Waals surface area (Å²) in [7, 11) is 0. The number of hydrogen-bond acceptors (Lipinski definition) is 6. The summed E-state index contributed by atoms with van der Waals surface area (Å²) in [6.07, 6.45) is 1.28. The summed E-state index contributed by atoms with van der Waals surface area (Å²) >= 11 is 1.31. The molecule has 2 aromatic heterocycles. The monoisotopic (exact) mass is 374 g/mol. The Hall–Kier alpha value is -2.81. The van der Waals surface area contributed by atoms with Gasteiger partial charge in [0.15, 0.2) is 0 Å². The number of ether oxygens (including phenoxy) is 1. The van der Waals surface area contributed by atoms with Gasteiger partial charge < -0.3 is 9.64 Å². The maximum atomic E-state index is 13.3. The summed E-state index contributed by atoms with van der Waals surface area (Å²) in [5, 5.41) is 6.55. The van der Waals surface area contributed by atoms with E-state index in [0.29, 0.717) is 36.6 Å². The van der Waals surface area contributed by atoms with E-state index in [0.717, 1.165) is 4.70 Å². The lowest BCUT2D eigenvalue weighted by atomic mass is 10.1. The molecule has 9 heteroatoms. The fourth-order valence-electron chi connectivity index (χ4n) is 2.87. The molecule has 0 unspecified atom stereocenters. The first-order valence-electron chi connectivity index (χ1n) is 8.16. The van der Waals surface area contributed by atoms with E-state index in [1.807, 2.05) is 0 Å². The average molecular weight is 374 g/mol. The third-order valence-electron chi connectivity index (χ3n) is 4.23. The number of halogens is 1. The minimum atomic E-state index is -0.343. The van der Waals surface area contributed by atoms with Gasteiger partial charge in [-0.05, 0) is 24.3 Å². The van der Waals surface area contributed by atoms with E-state index < -0.39 is 0 Å². The van der Waals surface area contributed by atoms with Gasteiger partial charge in [-0.25, -0.2) is 14.5 Å². The normalized spacial score (nSPS) is 15.3. The number of nitrogens with zero attached hydrogens (tertiary/aromatic N) is 3. The van der Waals surface area contributed by atoms with Crippen molar-refractivity contribution < 1.29 is 13.9 Å². The number of aromatic amines is 1. The number of fused-ring (bicyclic) bond motifs is 1. The Morgan fingerprint density at radius 3 is 2.81 bits per heavy atom. The molecule has 134 valence electrons. The summed E-state index contributed by atoms with van der Waals surface area (Å²) in [4.78, 5) is 29.5. The van der Waals surface area contributed by atoms with Crippen LogP contribution in [0.1, 0.15) is 23.3 Å². The van der Waals surface area contributed by atoms with E-state index in [1.165, 1.54) is 35.6 Å². The first-order chi connectivity index (χ1) is 12.6. The third kappa shape index (κ3) is 3.43. The summed E-state index contributed by atoms with van der Waals surface area (Å²) in [6, 6.07) is 7.15. The van der Waals surface area contributed by atoms with Crippen LogP contribution in [-0.2, 0) is 0 Å². The minimum absolute atomic E-state index is 0.0481. The van der Waals surface area contributed by atoms with Gasteiger partial charge in [0, 0.05) is 32.0 Å². The van der Waals surface area contributed by atoms with Crippen molar-refractivity contribution in [3.05, 3.63) is 52.2 Å². The van der Waals surface area contributed by atoms with Gasteiger partial charge in [-0.15, -0.1) is 0 Å². The van der Waals surface area contributed by atoms with Gasteiger partial charge in [0.25, 0.3) is 16.7 Å². The number of nitrogens with one attached hydrogen (secondary N) is 1. The number of amides is 1. The van der Waals surface area contributed by atoms with Crippen molar-refractivity contribution in [1.29, 1.82) is 0 Å². The van der Waals surface area contributed by atoms with Crippen LogP contribution in [0.15, 0.2) is 35.1 Å². The standard InChI is InChI=1S/C17H15FN4O3S/c18-10-1-2-12-14(9-10)26-17(19-12)25-11-5-7-22(8-6-11)16(24)13-3-4-15(23)21-20-13/h1-4,9,11H,5-8H2,(H,21,23). The van der Waals surface area contributed by atoms with E-state index in [2.05, 4.69) is 15.2 Å². The first-order valence-corrected chi connectivity index (χ1v) is 8.98. The van der Waals surface area contributed by atoms with Crippen LogP contribution in [0.25, 0.3) is 10.2 Å². The van der Waals surface area contributed by atoms with Gasteiger partial charge in [0.2, 0.25) is 0 Å². The number of hydrogen-bond donors (Lipinski definition) is 1. The Kier molecular flexibility index (Phi) is 4.37. The average Bonchev–Trinajstić information content (AvgIpc) is 3.03. The number of thiazole rings is 1. The van der Waals surface area contributed by atoms with Gasteiger partial charge in [-0.3, -0.25) is 9.59 Å². The molecule has 1 fully saturated rings.